The molecular weight excluding hydrogens is 276 g/mol. The highest BCUT2D eigenvalue weighted by molar-refractivity contribution is 5.69. The Balaban J connectivity index is 2.13. The summed E-state index contributed by atoms with van der Waals surface area (Å²) in [5, 5.41) is 25.6. The molecule has 2 rings (SSSR count). The standard InChI is InChI=1S/C13H14N4O4/c18-16(19)11-6-7-12(13(8-11)17(20)21)15-14-9-10-4-2-1-3-5-10/h2,4,6-10,15H,1,3,5H2/b14-9-/t10-/m1/s1. The average Bonchev–Trinajstić information content (AvgIpc) is 2.48. The van der Waals surface area contributed by atoms with Gasteiger partial charge < -0.3 is 0 Å². The monoisotopic (exact) mass is 290 g/mol. The SMILES string of the molecule is O=[N+]([O-])c1ccc(N/N=C\[C@@H]2C=CCCC2)c([N+](=O)[O-])c1. The molecule has 1 aliphatic rings. The van der Waals surface area contributed by atoms with Crippen molar-refractivity contribution in [1.82, 2.24) is 0 Å². The van der Waals surface area contributed by atoms with Crippen molar-refractivity contribution in [2.45, 2.75) is 19.3 Å². The number of hydrogen-bond donors (Lipinski definition) is 1. The summed E-state index contributed by atoms with van der Waals surface area (Å²) in [7, 11) is 0. The van der Waals surface area contributed by atoms with E-state index in [1.807, 2.05) is 6.08 Å². The molecule has 8 heteroatoms. The third-order valence-electron chi connectivity index (χ3n) is 3.13. The van der Waals surface area contributed by atoms with Gasteiger partial charge in [0.05, 0.1) is 15.9 Å². The van der Waals surface area contributed by atoms with Crippen LogP contribution in [0.4, 0.5) is 17.1 Å². The van der Waals surface area contributed by atoms with E-state index in [0.29, 0.717) is 0 Å². The molecule has 0 saturated heterocycles. The largest absolute Gasteiger partial charge is 0.301 e. The van der Waals surface area contributed by atoms with Crippen LogP contribution in [-0.4, -0.2) is 16.1 Å². The Morgan fingerprint density at radius 2 is 2.10 bits per heavy atom. The van der Waals surface area contributed by atoms with Crippen LogP contribution < -0.4 is 5.43 Å². The number of rotatable bonds is 5. The minimum absolute atomic E-state index is 0.127. The van der Waals surface area contributed by atoms with Gasteiger partial charge >= 0.3 is 5.69 Å². The van der Waals surface area contributed by atoms with Crippen molar-refractivity contribution in [2.75, 3.05) is 5.43 Å². The molecule has 0 amide bonds. The van der Waals surface area contributed by atoms with Crippen LogP contribution in [0.2, 0.25) is 0 Å². The van der Waals surface area contributed by atoms with E-state index in [2.05, 4.69) is 16.6 Å². The highest BCUT2D eigenvalue weighted by Gasteiger charge is 2.19. The molecule has 1 N–H and O–H groups in total. The fourth-order valence-corrected chi connectivity index (χ4v) is 2.04. The maximum Gasteiger partial charge on any atom is 0.301 e. The molecule has 0 saturated carbocycles. The number of allylic oxidation sites excluding steroid dienone is 2. The second-order valence-electron chi connectivity index (χ2n) is 4.63. The topological polar surface area (TPSA) is 111 Å². The molecule has 0 aromatic heterocycles. The summed E-state index contributed by atoms with van der Waals surface area (Å²) in [6.45, 7) is 0. The quantitative estimate of drug-likeness (QED) is 0.387. The zero-order valence-electron chi connectivity index (χ0n) is 11.1. The highest BCUT2D eigenvalue weighted by Crippen LogP contribution is 2.28. The van der Waals surface area contributed by atoms with Crippen molar-refractivity contribution in [3.8, 4) is 0 Å². The van der Waals surface area contributed by atoms with Crippen LogP contribution >= 0.6 is 0 Å². The zero-order valence-corrected chi connectivity index (χ0v) is 11.1. The van der Waals surface area contributed by atoms with Crippen LogP contribution in [0.25, 0.3) is 0 Å². The first-order valence-corrected chi connectivity index (χ1v) is 6.46. The number of nitro groups is 2. The number of anilines is 1. The Labute approximate surface area is 120 Å². The van der Waals surface area contributed by atoms with E-state index in [0.717, 1.165) is 25.3 Å². The molecule has 0 fully saturated rings. The summed E-state index contributed by atoms with van der Waals surface area (Å²) < 4.78 is 0. The van der Waals surface area contributed by atoms with E-state index in [1.54, 1.807) is 6.21 Å². The molecule has 1 atom stereocenters. The molecule has 0 unspecified atom stereocenters. The molecular formula is C13H14N4O4. The first kappa shape index (κ1) is 14.6. The van der Waals surface area contributed by atoms with Gasteiger partial charge in [0.25, 0.3) is 5.69 Å². The molecule has 0 bridgehead atoms. The van der Waals surface area contributed by atoms with E-state index >= 15 is 0 Å². The normalized spacial score (nSPS) is 17.8. The third-order valence-corrected chi connectivity index (χ3v) is 3.13. The van der Waals surface area contributed by atoms with Crippen molar-refractivity contribution in [3.05, 3.63) is 50.6 Å². The van der Waals surface area contributed by atoms with Gasteiger partial charge in [0.15, 0.2) is 0 Å². The summed E-state index contributed by atoms with van der Waals surface area (Å²) in [4.78, 5) is 20.2. The number of hydrazone groups is 1. The minimum Gasteiger partial charge on any atom is -0.272 e. The lowest BCUT2D eigenvalue weighted by atomic mass is 9.97. The Morgan fingerprint density at radius 1 is 1.29 bits per heavy atom. The lowest BCUT2D eigenvalue weighted by molar-refractivity contribution is -0.393. The van der Waals surface area contributed by atoms with Crippen molar-refractivity contribution >= 4 is 23.3 Å². The lowest BCUT2D eigenvalue weighted by Gasteiger charge is -2.10. The molecule has 110 valence electrons. The Morgan fingerprint density at radius 3 is 2.71 bits per heavy atom. The van der Waals surface area contributed by atoms with Gasteiger partial charge in [-0.3, -0.25) is 25.7 Å². The predicted molar refractivity (Wildman–Crippen MR) is 78.3 cm³/mol. The van der Waals surface area contributed by atoms with Crippen molar-refractivity contribution in [3.63, 3.8) is 0 Å². The predicted octanol–water partition coefficient (Wildman–Crippen LogP) is 3.26. The van der Waals surface area contributed by atoms with Crippen LogP contribution in [0.15, 0.2) is 35.5 Å². The van der Waals surface area contributed by atoms with Crippen LogP contribution in [0, 0.1) is 26.1 Å². The number of nitro benzene ring substituents is 2. The molecule has 0 radical (unpaired) electrons. The first-order valence-electron chi connectivity index (χ1n) is 6.46. The van der Waals surface area contributed by atoms with Crippen LogP contribution in [0.1, 0.15) is 19.3 Å². The van der Waals surface area contributed by atoms with Crippen molar-refractivity contribution in [2.24, 2.45) is 11.0 Å². The molecule has 1 aromatic rings. The number of hydrogen-bond acceptors (Lipinski definition) is 6. The highest BCUT2D eigenvalue weighted by atomic mass is 16.6. The van der Waals surface area contributed by atoms with Gasteiger partial charge in [-0.15, -0.1) is 0 Å². The summed E-state index contributed by atoms with van der Waals surface area (Å²) >= 11 is 0. The molecule has 21 heavy (non-hydrogen) atoms. The Kier molecular flexibility index (Phi) is 4.60. The summed E-state index contributed by atoms with van der Waals surface area (Å²) in [5.74, 6) is 0.211. The second kappa shape index (κ2) is 6.60. The fraction of sp³-hybridized carbons (Fsp3) is 0.308. The molecule has 1 aliphatic carbocycles. The molecule has 0 aliphatic heterocycles. The fourth-order valence-electron chi connectivity index (χ4n) is 2.04. The first-order chi connectivity index (χ1) is 10.1. The van der Waals surface area contributed by atoms with Gasteiger partial charge in [-0.1, -0.05) is 12.2 Å². The molecule has 0 heterocycles. The van der Waals surface area contributed by atoms with Gasteiger partial charge in [0.2, 0.25) is 0 Å². The number of benzene rings is 1. The smallest absolute Gasteiger partial charge is 0.272 e. The summed E-state index contributed by atoms with van der Waals surface area (Å²) in [6.07, 6.45) is 8.94. The summed E-state index contributed by atoms with van der Waals surface area (Å²) in [6, 6.07) is 3.40. The Bertz CT molecular complexity index is 612. The van der Waals surface area contributed by atoms with Gasteiger partial charge in [0.1, 0.15) is 5.69 Å². The van der Waals surface area contributed by atoms with Crippen molar-refractivity contribution < 1.29 is 9.85 Å². The third kappa shape index (κ3) is 3.85. The van der Waals surface area contributed by atoms with E-state index < -0.39 is 9.85 Å². The van der Waals surface area contributed by atoms with E-state index in [9.17, 15) is 20.2 Å². The second-order valence-corrected chi connectivity index (χ2v) is 4.63. The van der Waals surface area contributed by atoms with Crippen LogP contribution in [-0.2, 0) is 0 Å². The lowest BCUT2D eigenvalue weighted by Crippen LogP contribution is -2.04. The van der Waals surface area contributed by atoms with E-state index in [-0.39, 0.29) is 23.0 Å². The summed E-state index contributed by atoms with van der Waals surface area (Å²) in [5.41, 5.74) is 2.00. The average molecular weight is 290 g/mol. The minimum atomic E-state index is -0.675. The maximum atomic E-state index is 10.9. The van der Waals surface area contributed by atoms with Crippen LogP contribution in [0.3, 0.4) is 0 Å². The zero-order chi connectivity index (χ0) is 15.2. The van der Waals surface area contributed by atoms with E-state index in [1.165, 1.54) is 12.1 Å². The van der Waals surface area contributed by atoms with E-state index in [4.69, 9.17) is 0 Å². The van der Waals surface area contributed by atoms with Crippen LogP contribution in [0.5, 0.6) is 0 Å². The molecule has 0 spiro atoms. The Hall–Kier alpha value is -2.77. The molecule has 1 aromatic carbocycles. The number of nitrogens with one attached hydrogen (secondary N) is 1. The number of non-ortho nitro benzene ring substituents is 1. The number of nitrogens with zero attached hydrogens (tertiary/aromatic N) is 3. The maximum absolute atomic E-state index is 10.9. The van der Waals surface area contributed by atoms with Crippen molar-refractivity contribution in [1.29, 1.82) is 0 Å². The molecule has 8 nitrogen and oxygen atoms in total. The van der Waals surface area contributed by atoms with Gasteiger partial charge in [-0.05, 0) is 25.3 Å². The van der Waals surface area contributed by atoms with Gasteiger partial charge in [-0.25, -0.2) is 0 Å². The van der Waals surface area contributed by atoms with Gasteiger partial charge in [0, 0.05) is 18.2 Å². The van der Waals surface area contributed by atoms with Gasteiger partial charge in [-0.2, -0.15) is 5.10 Å².